The zero-order valence-electron chi connectivity index (χ0n) is 19.7. The maximum Gasteiger partial charge on any atom is 0.307 e. The Morgan fingerprint density at radius 3 is 2.29 bits per heavy atom. The first-order chi connectivity index (χ1) is 16.9. The first-order valence-electron chi connectivity index (χ1n) is 11.5. The number of hydrogen-bond donors (Lipinski definition) is 1. The fourth-order valence-corrected chi connectivity index (χ4v) is 5.31. The summed E-state index contributed by atoms with van der Waals surface area (Å²) in [5.74, 6) is -0.127. The molecule has 1 aliphatic rings. The zero-order valence-corrected chi connectivity index (χ0v) is 21.2. The number of aryl methyl sites for hydroxylation is 1. The van der Waals surface area contributed by atoms with Crippen molar-refractivity contribution in [2.45, 2.75) is 31.4 Å². The Kier molecular flexibility index (Phi) is 8.57. The van der Waals surface area contributed by atoms with Gasteiger partial charge in [0.1, 0.15) is 23.3 Å². The number of benzene rings is 3. The van der Waals surface area contributed by atoms with Gasteiger partial charge in [-0.2, -0.15) is 0 Å². The number of nitrogens with zero attached hydrogens (tertiary/aromatic N) is 2. The second-order valence-electron chi connectivity index (χ2n) is 8.70. The number of aliphatic carboxylic acids is 1. The summed E-state index contributed by atoms with van der Waals surface area (Å²) in [5.41, 5.74) is 3.84. The Labute approximate surface area is 213 Å². The van der Waals surface area contributed by atoms with Crippen molar-refractivity contribution in [1.29, 1.82) is 0 Å². The summed E-state index contributed by atoms with van der Waals surface area (Å²) in [6, 6.07) is 20.9. The van der Waals surface area contributed by atoms with E-state index in [1.54, 1.807) is 6.07 Å². The van der Waals surface area contributed by atoms with E-state index < -0.39 is 17.0 Å². The SMILES string of the molecule is Cc1ccc(S(=O)N2CCN(Cc3cc(CC(=O)O)ccc3OCc3ccc(Cl)cc3)CC2)cc1. The van der Waals surface area contributed by atoms with Crippen molar-refractivity contribution in [3.63, 3.8) is 0 Å². The van der Waals surface area contributed by atoms with Crippen molar-refractivity contribution in [3.8, 4) is 5.75 Å². The molecule has 1 fully saturated rings. The molecular formula is C27H29ClN2O4S. The van der Waals surface area contributed by atoms with Crippen LogP contribution >= 0.6 is 11.6 Å². The summed E-state index contributed by atoms with van der Waals surface area (Å²) in [6.45, 7) is 5.95. The number of hydrogen-bond acceptors (Lipinski definition) is 4. The van der Waals surface area contributed by atoms with Crippen molar-refractivity contribution in [3.05, 3.63) is 94.0 Å². The van der Waals surface area contributed by atoms with Crippen molar-refractivity contribution >= 4 is 28.6 Å². The summed E-state index contributed by atoms with van der Waals surface area (Å²) < 4.78 is 21.1. The highest BCUT2D eigenvalue weighted by atomic mass is 35.5. The Hall–Kier alpha value is -2.71. The first-order valence-corrected chi connectivity index (χ1v) is 13.0. The van der Waals surface area contributed by atoms with Gasteiger partial charge in [-0.05, 0) is 48.4 Å². The lowest BCUT2D eigenvalue weighted by Gasteiger charge is -2.34. The summed E-state index contributed by atoms with van der Waals surface area (Å²) in [6.07, 6.45) is -0.0340. The van der Waals surface area contributed by atoms with Crippen LogP contribution in [0.1, 0.15) is 22.3 Å². The van der Waals surface area contributed by atoms with Gasteiger partial charge in [0, 0.05) is 43.3 Å². The van der Waals surface area contributed by atoms with Crippen LogP contribution in [0.25, 0.3) is 0 Å². The van der Waals surface area contributed by atoms with E-state index in [0.29, 0.717) is 31.3 Å². The molecule has 1 N–H and O–H groups in total. The van der Waals surface area contributed by atoms with Crippen molar-refractivity contribution in [2.75, 3.05) is 26.2 Å². The quantitative estimate of drug-likeness (QED) is 0.450. The van der Waals surface area contributed by atoms with E-state index in [-0.39, 0.29) is 6.42 Å². The lowest BCUT2D eigenvalue weighted by Crippen LogP contribution is -2.46. The molecule has 1 unspecified atom stereocenters. The topological polar surface area (TPSA) is 70.1 Å². The summed E-state index contributed by atoms with van der Waals surface area (Å²) in [5, 5.41) is 9.90. The van der Waals surface area contributed by atoms with Crippen LogP contribution in [-0.2, 0) is 35.4 Å². The molecule has 1 heterocycles. The maximum absolute atomic E-state index is 13.0. The highest BCUT2D eigenvalue weighted by Gasteiger charge is 2.23. The number of ether oxygens (including phenoxy) is 1. The molecular weight excluding hydrogens is 484 g/mol. The van der Waals surface area contributed by atoms with E-state index in [0.717, 1.165) is 46.0 Å². The third-order valence-electron chi connectivity index (χ3n) is 5.97. The van der Waals surface area contributed by atoms with Gasteiger partial charge in [0.15, 0.2) is 0 Å². The van der Waals surface area contributed by atoms with Gasteiger partial charge in [-0.3, -0.25) is 9.69 Å². The second kappa shape index (κ2) is 11.8. The predicted octanol–water partition coefficient (Wildman–Crippen LogP) is 4.69. The Balaban J connectivity index is 1.41. The van der Waals surface area contributed by atoms with Gasteiger partial charge in [0.05, 0.1) is 11.3 Å². The second-order valence-corrected chi connectivity index (χ2v) is 10.6. The van der Waals surface area contributed by atoms with E-state index in [9.17, 15) is 14.1 Å². The Morgan fingerprint density at radius 1 is 0.971 bits per heavy atom. The van der Waals surface area contributed by atoms with E-state index >= 15 is 0 Å². The molecule has 0 aliphatic carbocycles. The fourth-order valence-electron chi connectivity index (χ4n) is 4.02. The van der Waals surface area contributed by atoms with E-state index in [4.69, 9.17) is 16.3 Å². The highest BCUT2D eigenvalue weighted by molar-refractivity contribution is 7.82. The molecule has 0 aromatic heterocycles. The summed E-state index contributed by atoms with van der Waals surface area (Å²) >= 11 is 5.98. The van der Waals surface area contributed by atoms with Gasteiger partial charge in [0.2, 0.25) is 0 Å². The van der Waals surface area contributed by atoms with Crippen LogP contribution in [0.15, 0.2) is 71.6 Å². The molecule has 8 heteroatoms. The molecule has 4 rings (SSSR count). The lowest BCUT2D eigenvalue weighted by molar-refractivity contribution is -0.136. The smallest absolute Gasteiger partial charge is 0.307 e. The largest absolute Gasteiger partial charge is 0.489 e. The molecule has 35 heavy (non-hydrogen) atoms. The normalized spacial score (nSPS) is 15.6. The van der Waals surface area contributed by atoms with Gasteiger partial charge >= 0.3 is 5.97 Å². The maximum atomic E-state index is 13.0. The molecule has 3 aromatic rings. The van der Waals surface area contributed by atoms with Gasteiger partial charge in [-0.25, -0.2) is 8.51 Å². The summed E-state index contributed by atoms with van der Waals surface area (Å²) in [7, 11) is -1.17. The lowest BCUT2D eigenvalue weighted by atomic mass is 10.1. The molecule has 1 atom stereocenters. The molecule has 0 bridgehead atoms. The first kappa shape index (κ1) is 25.4. The molecule has 1 aliphatic heterocycles. The minimum Gasteiger partial charge on any atom is -0.489 e. The van der Waals surface area contributed by atoms with Crippen LogP contribution in [0.4, 0.5) is 0 Å². The van der Waals surface area contributed by atoms with Gasteiger partial charge in [-0.15, -0.1) is 0 Å². The van der Waals surface area contributed by atoms with E-state index in [1.807, 2.05) is 71.9 Å². The average molecular weight is 513 g/mol. The van der Waals surface area contributed by atoms with Crippen molar-refractivity contribution < 1.29 is 18.8 Å². The monoisotopic (exact) mass is 512 g/mol. The van der Waals surface area contributed by atoms with E-state index in [2.05, 4.69) is 4.90 Å². The molecule has 184 valence electrons. The Bertz CT molecular complexity index is 1180. The van der Waals surface area contributed by atoms with Crippen molar-refractivity contribution in [1.82, 2.24) is 9.21 Å². The van der Waals surface area contributed by atoms with Crippen LogP contribution in [0.2, 0.25) is 5.02 Å². The molecule has 3 aromatic carbocycles. The molecule has 0 spiro atoms. The molecule has 6 nitrogen and oxygen atoms in total. The molecule has 0 amide bonds. The van der Waals surface area contributed by atoms with Crippen LogP contribution in [0.3, 0.4) is 0 Å². The predicted molar refractivity (Wildman–Crippen MR) is 138 cm³/mol. The Morgan fingerprint density at radius 2 is 1.63 bits per heavy atom. The third-order valence-corrected chi connectivity index (χ3v) is 7.73. The van der Waals surface area contributed by atoms with E-state index in [1.165, 1.54) is 0 Å². The minimum absolute atomic E-state index is 0.0340. The average Bonchev–Trinajstić information content (AvgIpc) is 2.85. The molecule has 1 saturated heterocycles. The number of carbonyl (C=O) groups is 1. The standard InChI is InChI=1S/C27H29ClN2O4S/c1-20-2-9-25(10-3-20)35(33)30-14-12-29(13-15-30)18-23-16-22(17-27(31)32)6-11-26(23)34-19-21-4-7-24(28)8-5-21/h2-11,16H,12-15,17-19H2,1H3,(H,31,32). The van der Waals surface area contributed by atoms with Crippen LogP contribution in [0.5, 0.6) is 5.75 Å². The highest BCUT2D eigenvalue weighted by Crippen LogP contribution is 2.25. The van der Waals surface area contributed by atoms with Crippen LogP contribution in [-0.4, -0.2) is 50.7 Å². The van der Waals surface area contributed by atoms with Crippen LogP contribution in [0, 0.1) is 6.92 Å². The number of rotatable bonds is 9. The molecule has 0 radical (unpaired) electrons. The van der Waals surface area contributed by atoms with Gasteiger partial charge < -0.3 is 9.84 Å². The fraction of sp³-hybridized carbons (Fsp3) is 0.296. The third kappa shape index (κ3) is 7.15. The molecule has 0 saturated carbocycles. The minimum atomic E-state index is -1.17. The zero-order chi connectivity index (χ0) is 24.8. The van der Waals surface area contributed by atoms with Crippen molar-refractivity contribution in [2.24, 2.45) is 0 Å². The number of carboxylic acid groups (broad SMARTS) is 1. The summed E-state index contributed by atoms with van der Waals surface area (Å²) in [4.78, 5) is 14.4. The van der Waals surface area contributed by atoms with Gasteiger partial charge in [-0.1, -0.05) is 53.6 Å². The number of piperazine rings is 1. The van der Waals surface area contributed by atoms with Gasteiger partial charge in [0.25, 0.3) is 0 Å². The number of halogens is 1. The van der Waals surface area contributed by atoms with Crippen LogP contribution < -0.4 is 4.74 Å². The number of carboxylic acids is 1.